The maximum absolute atomic E-state index is 12.4. The van der Waals surface area contributed by atoms with Crippen LogP contribution in [0.3, 0.4) is 0 Å². The van der Waals surface area contributed by atoms with Gasteiger partial charge in [-0.05, 0) is 12.5 Å². The molecular weight excluding hydrogens is 284 g/mol. The van der Waals surface area contributed by atoms with Crippen molar-refractivity contribution >= 4 is 22.8 Å². The Balaban J connectivity index is 2.34. The van der Waals surface area contributed by atoms with Crippen LogP contribution in [-0.2, 0) is 16.1 Å². The molecule has 6 nitrogen and oxygen atoms in total. The van der Waals surface area contributed by atoms with E-state index >= 15 is 0 Å². The fourth-order valence-corrected chi connectivity index (χ4v) is 2.38. The molecule has 1 aromatic carbocycles. The highest BCUT2D eigenvalue weighted by Crippen LogP contribution is 2.21. The Labute approximate surface area is 128 Å². The fourth-order valence-electron chi connectivity index (χ4n) is 2.38. The van der Waals surface area contributed by atoms with E-state index in [9.17, 15) is 9.59 Å². The van der Waals surface area contributed by atoms with Gasteiger partial charge in [-0.3, -0.25) is 4.79 Å². The number of carboxylic acid groups (broad SMARTS) is 1. The summed E-state index contributed by atoms with van der Waals surface area (Å²) >= 11 is 0. The lowest BCUT2D eigenvalue weighted by molar-refractivity contribution is -0.139. The van der Waals surface area contributed by atoms with E-state index in [1.54, 1.807) is 20.2 Å². The molecule has 118 valence electrons. The highest BCUT2D eigenvalue weighted by atomic mass is 16.5. The Morgan fingerprint density at radius 3 is 2.73 bits per heavy atom. The molecule has 2 rings (SSSR count). The van der Waals surface area contributed by atoms with Crippen molar-refractivity contribution in [2.24, 2.45) is 0 Å². The van der Waals surface area contributed by atoms with Crippen LogP contribution in [0.4, 0.5) is 0 Å². The highest BCUT2D eigenvalue weighted by molar-refractivity contribution is 6.07. The smallest absolute Gasteiger partial charge is 0.326 e. The number of amides is 1. The number of carboxylic acids is 1. The number of fused-ring (bicyclic) bond motifs is 1. The molecule has 6 heteroatoms. The molecule has 0 saturated carbocycles. The number of nitrogens with one attached hydrogen (secondary N) is 1. The van der Waals surface area contributed by atoms with Crippen LogP contribution >= 0.6 is 0 Å². The van der Waals surface area contributed by atoms with Gasteiger partial charge in [0, 0.05) is 30.8 Å². The molecule has 0 aliphatic rings. The Morgan fingerprint density at radius 2 is 2.09 bits per heavy atom. The van der Waals surface area contributed by atoms with E-state index in [1.807, 2.05) is 28.8 Å². The van der Waals surface area contributed by atoms with E-state index in [-0.39, 0.29) is 5.91 Å². The van der Waals surface area contributed by atoms with Crippen molar-refractivity contribution in [3.05, 3.63) is 36.0 Å². The van der Waals surface area contributed by atoms with E-state index < -0.39 is 12.0 Å². The van der Waals surface area contributed by atoms with Gasteiger partial charge in [-0.1, -0.05) is 25.1 Å². The van der Waals surface area contributed by atoms with Crippen LogP contribution in [0.5, 0.6) is 0 Å². The third-order valence-corrected chi connectivity index (χ3v) is 3.58. The fraction of sp³-hybridized carbons (Fsp3) is 0.375. The molecule has 1 unspecified atom stereocenters. The van der Waals surface area contributed by atoms with Gasteiger partial charge < -0.3 is 19.7 Å². The Bertz CT molecular complexity index is 678. The van der Waals surface area contributed by atoms with Gasteiger partial charge in [0.15, 0.2) is 0 Å². The Kier molecular flexibility index (Phi) is 5.16. The second kappa shape index (κ2) is 7.09. The number of carbonyl (C=O) groups is 2. The number of nitrogens with zero attached hydrogens (tertiary/aromatic N) is 1. The molecule has 2 aromatic rings. The predicted octanol–water partition coefficient (Wildman–Crippen LogP) is 1.88. The highest BCUT2D eigenvalue weighted by Gasteiger charge is 2.21. The first-order valence-corrected chi connectivity index (χ1v) is 7.19. The minimum absolute atomic E-state index is 0.337. The van der Waals surface area contributed by atoms with Gasteiger partial charge >= 0.3 is 5.97 Å². The molecule has 22 heavy (non-hydrogen) atoms. The van der Waals surface area contributed by atoms with Gasteiger partial charge in [0.25, 0.3) is 5.91 Å². The molecule has 1 aromatic heterocycles. The van der Waals surface area contributed by atoms with Gasteiger partial charge in [-0.2, -0.15) is 0 Å². The van der Waals surface area contributed by atoms with Crippen molar-refractivity contribution < 1.29 is 19.4 Å². The standard InChI is InChI=1S/C16H20N2O4/c1-3-13(16(20)21)17-15(19)12-10-18(8-9-22-2)14-7-5-4-6-11(12)14/h4-7,10,13H,3,8-9H2,1-2H3,(H,17,19)(H,20,21). The number of methoxy groups -OCH3 is 1. The molecule has 0 saturated heterocycles. The van der Waals surface area contributed by atoms with E-state index in [4.69, 9.17) is 9.84 Å². The topological polar surface area (TPSA) is 80.6 Å². The maximum Gasteiger partial charge on any atom is 0.326 e. The number of rotatable bonds is 7. The molecule has 1 amide bonds. The normalized spacial score (nSPS) is 12.3. The molecule has 0 aliphatic carbocycles. The molecule has 0 spiro atoms. The maximum atomic E-state index is 12.4. The zero-order chi connectivity index (χ0) is 16.1. The summed E-state index contributed by atoms with van der Waals surface area (Å²) in [5.41, 5.74) is 1.40. The van der Waals surface area contributed by atoms with E-state index in [0.29, 0.717) is 25.1 Å². The summed E-state index contributed by atoms with van der Waals surface area (Å²) in [6, 6.07) is 6.66. The first-order valence-electron chi connectivity index (χ1n) is 7.19. The number of benzene rings is 1. The molecule has 0 bridgehead atoms. The summed E-state index contributed by atoms with van der Waals surface area (Å²) in [7, 11) is 1.62. The van der Waals surface area contributed by atoms with Crippen molar-refractivity contribution in [2.75, 3.05) is 13.7 Å². The van der Waals surface area contributed by atoms with Gasteiger partial charge in [-0.25, -0.2) is 4.79 Å². The number of hydrogen-bond donors (Lipinski definition) is 2. The number of aliphatic carboxylic acids is 1. The van der Waals surface area contributed by atoms with Crippen molar-refractivity contribution in [2.45, 2.75) is 25.9 Å². The second-order valence-corrected chi connectivity index (χ2v) is 5.02. The van der Waals surface area contributed by atoms with Gasteiger partial charge in [0.2, 0.25) is 0 Å². The Morgan fingerprint density at radius 1 is 1.36 bits per heavy atom. The van der Waals surface area contributed by atoms with Crippen molar-refractivity contribution in [3.63, 3.8) is 0 Å². The zero-order valence-corrected chi connectivity index (χ0v) is 12.7. The average Bonchev–Trinajstić information content (AvgIpc) is 2.89. The molecule has 0 aliphatic heterocycles. The molecular formula is C16H20N2O4. The van der Waals surface area contributed by atoms with Crippen molar-refractivity contribution in [3.8, 4) is 0 Å². The summed E-state index contributed by atoms with van der Waals surface area (Å²) in [5, 5.41) is 12.4. The first-order chi connectivity index (χ1) is 10.6. The van der Waals surface area contributed by atoms with E-state index in [2.05, 4.69) is 5.32 Å². The Hall–Kier alpha value is -2.34. The third kappa shape index (κ3) is 3.28. The monoisotopic (exact) mass is 304 g/mol. The van der Waals surface area contributed by atoms with Crippen LogP contribution < -0.4 is 5.32 Å². The van der Waals surface area contributed by atoms with Crippen molar-refractivity contribution in [1.82, 2.24) is 9.88 Å². The van der Waals surface area contributed by atoms with E-state index in [1.165, 1.54) is 0 Å². The quantitative estimate of drug-likeness (QED) is 0.818. The summed E-state index contributed by atoms with van der Waals surface area (Å²) in [6.45, 7) is 2.88. The number of hydrogen-bond acceptors (Lipinski definition) is 3. The summed E-state index contributed by atoms with van der Waals surface area (Å²) in [6.07, 6.45) is 2.08. The molecule has 2 N–H and O–H groups in total. The molecule has 0 fully saturated rings. The third-order valence-electron chi connectivity index (χ3n) is 3.58. The number of para-hydroxylation sites is 1. The lowest BCUT2D eigenvalue weighted by atomic mass is 10.1. The second-order valence-electron chi connectivity index (χ2n) is 5.02. The van der Waals surface area contributed by atoms with E-state index in [0.717, 1.165) is 10.9 Å². The lowest BCUT2D eigenvalue weighted by Crippen LogP contribution is -2.40. The largest absolute Gasteiger partial charge is 0.480 e. The zero-order valence-electron chi connectivity index (χ0n) is 12.7. The van der Waals surface area contributed by atoms with Gasteiger partial charge in [0.05, 0.1) is 12.2 Å². The minimum atomic E-state index is -1.03. The molecule has 1 atom stereocenters. The lowest BCUT2D eigenvalue weighted by Gasteiger charge is -2.11. The summed E-state index contributed by atoms with van der Waals surface area (Å²) in [5.74, 6) is -1.40. The number of aromatic nitrogens is 1. The minimum Gasteiger partial charge on any atom is -0.480 e. The van der Waals surface area contributed by atoms with Crippen LogP contribution in [0.1, 0.15) is 23.7 Å². The van der Waals surface area contributed by atoms with Crippen LogP contribution in [0, 0.1) is 0 Å². The van der Waals surface area contributed by atoms with Crippen LogP contribution in [0.15, 0.2) is 30.5 Å². The van der Waals surface area contributed by atoms with Gasteiger partial charge in [0.1, 0.15) is 6.04 Å². The average molecular weight is 304 g/mol. The number of carbonyl (C=O) groups excluding carboxylic acids is 1. The summed E-state index contributed by atoms with van der Waals surface area (Å²) < 4.78 is 7.02. The van der Waals surface area contributed by atoms with Crippen LogP contribution in [0.25, 0.3) is 10.9 Å². The van der Waals surface area contributed by atoms with Crippen LogP contribution in [0.2, 0.25) is 0 Å². The number of ether oxygens (including phenoxy) is 1. The SMILES string of the molecule is CCC(NC(=O)c1cn(CCOC)c2ccccc12)C(=O)O. The van der Waals surface area contributed by atoms with Gasteiger partial charge in [-0.15, -0.1) is 0 Å². The summed E-state index contributed by atoms with van der Waals surface area (Å²) in [4.78, 5) is 23.5. The molecule has 0 radical (unpaired) electrons. The van der Waals surface area contributed by atoms with Crippen LogP contribution in [-0.4, -0.2) is 41.3 Å². The predicted molar refractivity (Wildman–Crippen MR) is 83.0 cm³/mol. The first kappa shape index (κ1) is 16.0. The molecule has 1 heterocycles. The van der Waals surface area contributed by atoms with Crippen molar-refractivity contribution in [1.29, 1.82) is 0 Å².